The number of ether oxygens (including phenoxy) is 2. The largest absolute Gasteiger partial charge is 0.481 e. The number of benzene rings is 4. The van der Waals surface area contributed by atoms with Gasteiger partial charge in [-0.3, -0.25) is 19.3 Å². The molecule has 0 radical (unpaired) electrons. The molecular weight excluding hydrogens is 735 g/mol. The molecule has 0 aliphatic carbocycles. The Morgan fingerprint density at radius 3 is 2.19 bits per heavy atom. The zero-order chi connectivity index (χ0) is 40.6. The van der Waals surface area contributed by atoms with Gasteiger partial charge < -0.3 is 24.6 Å². The Hall–Kier alpha value is -6.50. The molecule has 1 N–H and O–H groups in total. The van der Waals surface area contributed by atoms with Gasteiger partial charge in [-0.1, -0.05) is 59.8 Å². The Morgan fingerprint density at radius 2 is 1.47 bits per heavy atom. The van der Waals surface area contributed by atoms with Crippen LogP contribution in [0.4, 0.5) is 10.5 Å². The maximum absolute atomic E-state index is 14.2. The summed E-state index contributed by atoms with van der Waals surface area (Å²) >= 11 is 0. The van der Waals surface area contributed by atoms with Gasteiger partial charge in [-0.15, -0.1) is 5.10 Å². The standard InChI is InChI=1S/C45H47N7O6/c1-30-17-18-31(24-37(30)40(53)46-35-14-6-5-7-15-35)38-26-52(48-47-38)36-19-21-49(22-20-36)41(54)32-12-10-13-33(23-32)42(55)50-25-34-11-8-9-16-39(34)57-45(27-50)28-51(29-45)43(56)58-44(2,3)4/h5-18,23-24,26,36H,19-22,25,27-29H2,1-4H3,(H,46,53). The van der Waals surface area contributed by atoms with Crippen molar-refractivity contribution in [2.24, 2.45) is 0 Å². The normalized spacial score (nSPS) is 16.4. The van der Waals surface area contributed by atoms with Crippen molar-refractivity contribution in [2.75, 3.05) is 38.0 Å². The molecule has 0 saturated carbocycles. The first-order valence-electron chi connectivity index (χ1n) is 19.7. The van der Waals surface area contributed by atoms with Gasteiger partial charge in [0.1, 0.15) is 17.0 Å². The van der Waals surface area contributed by atoms with Gasteiger partial charge in [0, 0.05) is 53.1 Å². The lowest BCUT2D eigenvalue weighted by molar-refractivity contribution is -0.0882. The number of carbonyl (C=O) groups excluding carboxylic acids is 4. The maximum Gasteiger partial charge on any atom is 0.410 e. The molecule has 3 aliphatic rings. The molecule has 5 aromatic rings. The van der Waals surface area contributed by atoms with Crippen LogP contribution in [-0.2, 0) is 11.3 Å². The highest BCUT2D eigenvalue weighted by molar-refractivity contribution is 6.06. The fraction of sp³-hybridized carbons (Fsp3) is 0.333. The van der Waals surface area contributed by atoms with Crippen molar-refractivity contribution in [3.05, 3.63) is 131 Å². The quantitative estimate of drug-likeness (QED) is 0.194. The summed E-state index contributed by atoms with van der Waals surface area (Å²) in [5, 5.41) is 11.8. The van der Waals surface area contributed by atoms with Crippen LogP contribution in [0.1, 0.15) is 81.9 Å². The molecule has 2 saturated heterocycles. The van der Waals surface area contributed by atoms with Gasteiger partial charge in [-0.25, -0.2) is 9.48 Å². The number of fused-ring (bicyclic) bond motifs is 1. The zero-order valence-corrected chi connectivity index (χ0v) is 33.2. The van der Waals surface area contributed by atoms with E-state index in [0.29, 0.717) is 60.6 Å². The van der Waals surface area contributed by atoms with E-state index < -0.39 is 17.3 Å². The van der Waals surface area contributed by atoms with Crippen molar-refractivity contribution in [1.29, 1.82) is 0 Å². The lowest BCUT2D eigenvalue weighted by atomic mass is 9.93. The van der Waals surface area contributed by atoms with E-state index in [-0.39, 0.29) is 43.4 Å². The average molecular weight is 782 g/mol. The average Bonchev–Trinajstić information content (AvgIpc) is 3.62. The number of aryl methyl sites for hydroxylation is 1. The molecule has 8 rings (SSSR count). The van der Waals surface area contributed by atoms with Crippen molar-refractivity contribution >= 4 is 29.5 Å². The fourth-order valence-corrected chi connectivity index (χ4v) is 7.84. The summed E-state index contributed by atoms with van der Waals surface area (Å²) < 4.78 is 13.9. The maximum atomic E-state index is 14.2. The topological polar surface area (TPSA) is 139 Å². The first-order valence-corrected chi connectivity index (χ1v) is 19.7. The van der Waals surface area contributed by atoms with Crippen LogP contribution in [0.3, 0.4) is 0 Å². The monoisotopic (exact) mass is 781 g/mol. The zero-order valence-electron chi connectivity index (χ0n) is 33.2. The van der Waals surface area contributed by atoms with Gasteiger partial charge in [0.2, 0.25) is 0 Å². The fourth-order valence-electron chi connectivity index (χ4n) is 7.84. The van der Waals surface area contributed by atoms with Crippen molar-refractivity contribution in [3.8, 4) is 17.0 Å². The molecule has 0 atom stereocenters. The van der Waals surface area contributed by atoms with Crippen LogP contribution in [0.15, 0.2) is 103 Å². The number of rotatable bonds is 6. The van der Waals surface area contributed by atoms with Crippen LogP contribution >= 0.6 is 0 Å². The van der Waals surface area contributed by atoms with E-state index >= 15 is 0 Å². The summed E-state index contributed by atoms with van der Waals surface area (Å²) in [6, 6.07) is 29.6. The molecule has 0 bridgehead atoms. The number of anilines is 1. The van der Waals surface area contributed by atoms with E-state index in [1.165, 1.54) is 0 Å². The van der Waals surface area contributed by atoms with Gasteiger partial charge in [-0.05, 0) is 88.6 Å². The number of nitrogens with one attached hydrogen (secondary N) is 1. The van der Waals surface area contributed by atoms with Gasteiger partial charge in [0.25, 0.3) is 17.7 Å². The van der Waals surface area contributed by atoms with E-state index in [2.05, 4.69) is 15.6 Å². The number of piperidine rings is 1. The highest BCUT2D eigenvalue weighted by Crippen LogP contribution is 2.36. The van der Waals surface area contributed by atoms with Gasteiger partial charge in [-0.2, -0.15) is 0 Å². The molecule has 13 heteroatoms. The second-order valence-electron chi connectivity index (χ2n) is 16.4. The number of para-hydroxylation sites is 2. The Morgan fingerprint density at radius 1 is 0.793 bits per heavy atom. The van der Waals surface area contributed by atoms with Crippen molar-refractivity contribution in [1.82, 2.24) is 29.7 Å². The van der Waals surface area contributed by atoms with E-state index in [1.54, 1.807) is 34.1 Å². The molecule has 0 unspecified atom stereocenters. The molecule has 298 valence electrons. The third-order valence-electron chi connectivity index (χ3n) is 10.8. The second-order valence-corrected chi connectivity index (χ2v) is 16.4. The molecule has 4 amide bonds. The van der Waals surface area contributed by atoms with E-state index in [1.807, 2.05) is 116 Å². The molecular formula is C45H47N7O6. The van der Waals surface area contributed by atoms with Crippen LogP contribution in [0.25, 0.3) is 11.3 Å². The van der Waals surface area contributed by atoms with Gasteiger partial charge in [0.05, 0.1) is 31.9 Å². The summed E-state index contributed by atoms with van der Waals surface area (Å²) in [6.45, 7) is 9.58. The molecule has 58 heavy (non-hydrogen) atoms. The van der Waals surface area contributed by atoms with Crippen LogP contribution in [0, 0.1) is 6.92 Å². The second kappa shape index (κ2) is 15.4. The number of carbonyl (C=O) groups is 4. The number of aromatic nitrogens is 3. The van der Waals surface area contributed by atoms with E-state index in [9.17, 15) is 19.2 Å². The molecule has 4 aromatic carbocycles. The minimum Gasteiger partial charge on any atom is -0.481 e. The van der Waals surface area contributed by atoms with Crippen LogP contribution in [0.2, 0.25) is 0 Å². The molecule has 1 aromatic heterocycles. The van der Waals surface area contributed by atoms with Crippen molar-refractivity contribution in [2.45, 2.75) is 64.3 Å². The summed E-state index contributed by atoms with van der Waals surface area (Å²) in [4.78, 5) is 59.1. The van der Waals surface area contributed by atoms with Crippen LogP contribution < -0.4 is 10.1 Å². The number of amides is 4. The Balaban J connectivity index is 0.908. The van der Waals surface area contributed by atoms with E-state index in [0.717, 1.165) is 22.4 Å². The molecule has 3 aliphatic heterocycles. The van der Waals surface area contributed by atoms with Gasteiger partial charge in [0.15, 0.2) is 5.60 Å². The number of hydrogen-bond donors (Lipinski definition) is 1. The summed E-state index contributed by atoms with van der Waals surface area (Å²) in [6.07, 6.45) is 2.85. The van der Waals surface area contributed by atoms with Crippen LogP contribution in [-0.4, -0.2) is 97.4 Å². The third kappa shape index (κ3) is 8.15. The first kappa shape index (κ1) is 38.4. The lowest BCUT2D eigenvalue weighted by Gasteiger charge is -2.49. The molecule has 1 spiro atoms. The smallest absolute Gasteiger partial charge is 0.410 e. The molecule has 13 nitrogen and oxygen atoms in total. The number of nitrogens with zero attached hydrogens (tertiary/aromatic N) is 6. The van der Waals surface area contributed by atoms with Crippen molar-refractivity contribution < 1.29 is 28.7 Å². The molecule has 2 fully saturated rings. The van der Waals surface area contributed by atoms with Crippen LogP contribution in [0.5, 0.6) is 5.75 Å². The minimum absolute atomic E-state index is 0.0442. The number of likely N-dealkylation sites (tertiary alicyclic amines) is 2. The van der Waals surface area contributed by atoms with E-state index in [4.69, 9.17) is 9.47 Å². The summed E-state index contributed by atoms with van der Waals surface area (Å²) in [5.74, 6) is 0.135. The predicted octanol–water partition coefficient (Wildman–Crippen LogP) is 7.01. The Labute approximate surface area is 337 Å². The minimum atomic E-state index is -0.788. The highest BCUT2D eigenvalue weighted by atomic mass is 16.6. The van der Waals surface area contributed by atoms with Crippen molar-refractivity contribution in [3.63, 3.8) is 0 Å². The lowest BCUT2D eigenvalue weighted by Crippen LogP contribution is -2.70. The highest BCUT2D eigenvalue weighted by Gasteiger charge is 2.52. The van der Waals surface area contributed by atoms with Gasteiger partial charge >= 0.3 is 6.09 Å². The Kier molecular flexibility index (Phi) is 10.2. The first-order chi connectivity index (χ1) is 27.8. The Bertz CT molecular complexity index is 2360. The SMILES string of the molecule is Cc1ccc(-c2cn(C3CCN(C(=O)c4cccc(C(=O)N5Cc6ccccc6OC6(CN(C(=O)OC(C)(C)C)C6)C5)c4)CC3)nn2)cc1C(=O)Nc1ccccc1. The third-order valence-corrected chi connectivity index (χ3v) is 10.8. The summed E-state index contributed by atoms with van der Waals surface area (Å²) in [7, 11) is 0. The molecule has 4 heterocycles. The number of hydrogen-bond acceptors (Lipinski definition) is 8. The predicted molar refractivity (Wildman–Crippen MR) is 218 cm³/mol. The summed E-state index contributed by atoms with van der Waals surface area (Å²) in [5.41, 5.74) is 3.90.